The van der Waals surface area contributed by atoms with E-state index in [1.807, 2.05) is 38.2 Å². The lowest BCUT2D eigenvalue weighted by Crippen LogP contribution is -2.25. The molecular weight excluding hydrogens is 386 g/mol. The lowest BCUT2D eigenvalue weighted by atomic mass is 10.0. The van der Waals surface area contributed by atoms with E-state index in [-0.39, 0.29) is 12.3 Å². The second kappa shape index (κ2) is 11.7. The van der Waals surface area contributed by atoms with Gasteiger partial charge in [-0.25, -0.2) is 0 Å². The Morgan fingerprint density at radius 2 is 1.86 bits per heavy atom. The van der Waals surface area contributed by atoms with Crippen molar-refractivity contribution in [1.29, 1.82) is 0 Å². The van der Waals surface area contributed by atoms with Crippen LogP contribution in [0.5, 0.6) is 0 Å². The van der Waals surface area contributed by atoms with E-state index >= 15 is 0 Å². The number of carboxylic acids is 1. The van der Waals surface area contributed by atoms with Crippen LogP contribution in [-0.2, 0) is 20.9 Å². The quantitative estimate of drug-likeness (QED) is 0.463. The van der Waals surface area contributed by atoms with E-state index in [1.54, 1.807) is 16.2 Å². The summed E-state index contributed by atoms with van der Waals surface area (Å²) in [6.45, 7) is 5.09. The number of rotatable bonds is 12. The van der Waals surface area contributed by atoms with Crippen LogP contribution in [0.25, 0.3) is 11.1 Å². The summed E-state index contributed by atoms with van der Waals surface area (Å²) in [5, 5.41) is 11.2. The summed E-state index contributed by atoms with van der Waals surface area (Å²) in [5.74, 6) is -0.679. The highest BCUT2D eigenvalue weighted by Crippen LogP contribution is 2.29. The zero-order chi connectivity index (χ0) is 21.2. The van der Waals surface area contributed by atoms with Crippen molar-refractivity contribution >= 4 is 23.2 Å². The van der Waals surface area contributed by atoms with E-state index in [4.69, 9.17) is 9.84 Å². The maximum absolute atomic E-state index is 12.2. The molecule has 1 N–H and O–H groups in total. The van der Waals surface area contributed by atoms with Gasteiger partial charge in [-0.2, -0.15) is 0 Å². The van der Waals surface area contributed by atoms with Crippen molar-refractivity contribution < 1.29 is 19.4 Å². The van der Waals surface area contributed by atoms with Crippen LogP contribution in [0.3, 0.4) is 0 Å². The van der Waals surface area contributed by atoms with Gasteiger partial charge in [-0.3, -0.25) is 9.59 Å². The van der Waals surface area contributed by atoms with Crippen molar-refractivity contribution in [1.82, 2.24) is 4.90 Å². The van der Waals surface area contributed by atoms with Gasteiger partial charge in [-0.05, 0) is 41.5 Å². The van der Waals surface area contributed by atoms with Crippen molar-refractivity contribution in [2.75, 3.05) is 13.7 Å². The maximum Gasteiger partial charge on any atom is 0.306 e. The van der Waals surface area contributed by atoms with Gasteiger partial charge in [0.2, 0.25) is 5.91 Å². The minimum Gasteiger partial charge on any atom is -0.481 e. The number of thiophene rings is 1. The van der Waals surface area contributed by atoms with E-state index < -0.39 is 12.1 Å². The Morgan fingerprint density at radius 3 is 2.48 bits per heavy atom. The van der Waals surface area contributed by atoms with Gasteiger partial charge < -0.3 is 14.7 Å². The highest BCUT2D eigenvalue weighted by Gasteiger charge is 2.16. The van der Waals surface area contributed by atoms with Crippen LogP contribution in [0.2, 0.25) is 0 Å². The Labute approximate surface area is 177 Å². The van der Waals surface area contributed by atoms with Gasteiger partial charge in [0.05, 0.1) is 19.1 Å². The highest BCUT2D eigenvalue weighted by atomic mass is 32.1. The second-order valence-electron chi connectivity index (χ2n) is 7.17. The lowest BCUT2D eigenvalue weighted by Gasteiger charge is -2.16. The first-order chi connectivity index (χ1) is 13.9. The zero-order valence-corrected chi connectivity index (χ0v) is 18.3. The van der Waals surface area contributed by atoms with Crippen molar-refractivity contribution in [2.45, 2.75) is 58.6 Å². The van der Waals surface area contributed by atoms with Crippen LogP contribution in [0.15, 0.2) is 35.7 Å². The third-order valence-corrected chi connectivity index (χ3v) is 5.73. The molecule has 5 nitrogen and oxygen atoms in total. The molecule has 0 saturated carbocycles. The van der Waals surface area contributed by atoms with Gasteiger partial charge >= 0.3 is 5.97 Å². The summed E-state index contributed by atoms with van der Waals surface area (Å²) in [4.78, 5) is 26.2. The summed E-state index contributed by atoms with van der Waals surface area (Å²) in [6, 6.07) is 9.97. The van der Waals surface area contributed by atoms with Crippen LogP contribution >= 0.6 is 11.3 Å². The summed E-state index contributed by atoms with van der Waals surface area (Å²) in [5.41, 5.74) is 3.04. The van der Waals surface area contributed by atoms with Crippen LogP contribution < -0.4 is 0 Å². The number of amides is 1. The van der Waals surface area contributed by atoms with Crippen LogP contribution in [-0.4, -0.2) is 35.5 Å². The van der Waals surface area contributed by atoms with Gasteiger partial charge in [0.25, 0.3) is 0 Å². The molecule has 0 radical (unpaired) electrons. The summed E-state index contributed by atoms with van der Waals surface area (Å²) >= 11 is 1.65. The minimum absolute atomic E-state index is 0.0472. The number of ether oxygens (including phenoxy) is 1. The van der Waals surface area contributed by atoms with E-state index in [1.165, 1.54) is 0 Å². The molecule has 1 atom stereocenters. The molecule has 0 spiro atoms. The number of unbranched alkanes of at least 4 members (excludes halogenated alkanes) is 2. The molecular formula is C23H31NO4S. The predicted molar refractivity (Wildman–Crippen MR) is 117 cm³/mol. The summed E-state index contributed by atoms with van der Waals surface area (Å²) in [6.07, 6.45) is 3.29. The van der Waals surface area contributed by atoms with Gasteiger partial charge in [-0.15, -0.1) is 11.3 Å². The molecule has 6 heteroatoms. The molecule has 1 unspecified atom stereocenters. The molecule has 0 aliphatic heterocycles. The molecule has 29 heavy (non-hydrogen) atoms. The zero-order valence-electron chi connectivity index (χ0n) is 17.5. The van der Waals surface area contributed by atoms with E-state index in [0.29, 0.717) is 19.6 Å². The van der Waals surface area contributed by atoms with Crippen molar-refractivity contribution in [3.63, 3.8) is 0 Å². The first kappa shape index (κ1) is 23.1. The molecule has 0 fully saturated rings. The number of carboxylic acid groups (broad SMARTS) is 1. The van der Waals surface area contributed by atoms with Crippen LogP contribution in [0.4, 0.5) is 0 Å². The smallest absolute Gasteiger partial charge is 0.306 e. The van der Waals surface area contributed by atoms with Gasteiger partial charge in [0.1, 0.15) is 0 Å². The lowest BCUT2D eigenvalue weighted by molar-refractivity contribution is -0.140. The van der Waals surface area contributed by atoms with Crippen molar-refractivity contribution in [2.24, 2.45) is 0 Å². The summed E-state index contributed by atoms with van der Waals surface area (Å²) in [7, 11) is 1.86. The number of aliphatic carboxylic acids is 1. The van der Waals surface area contributed by atoms with Crippen LogP contribution in [0, 0.1) is 0 Å². The molecule has 1 heterocycles. The Hall–Kier alpha value is -2.18. The number of hydrogen-bond acceptors (Lipinski definition) is 4. The molecule has 158 valence electrons. The average Bonchev–Trinajstić information content (AvgIpc) is 3.16. The standard InChI is InChI=1S/C23H31NO4S/c1-4-6-7-8-22(25)24(3)15-20-13-19(16-29-20)17-9-11-18(12-10-17)21(28-5-2)14-23(26)27/h9-13,16,21H,4-8,14-15H2,1-3H3,(H,26,27). The minimum atomic E-state index is -0.872. The van der Waals surface area contributed by atoms with E-state index in [2.05, 4.69) is 18.4 Å². The van der Waals surface area contributed by atoms with E-state index in [9.17, 15) is 9.59 Å². The van der Waals surface area contributed by atoms with Gasteiger partial charge in [0, 0.05) is 25.0 Å². The van der Waals surface area contributed by atoms with E-state index in [0.717, 1.165) is 40.8 Å². The summed E-state index contributed by atoms with van der Waals surface area (Å²) < 4.78 is 5.57. The average molecular weight is 418 g/mol. The topological polar surface area (TPSA) is 66.8 Å². The van der Waals surface area contributed by atoms with Crippen LogP contribution in [0.1, 0.15) is 62.5 Å². The highest BCUT2D eigenvalue weighted by molar-refractivity contribution is 7.10. The molecule has 0 aliphatic rings. The normalized spacial score (nSPS) is 12.0. The third-order valence-electron chi connectivity index (χ3n) is 4.81. The van der Waals surface area contributed by atoms with Gasteiger partial charge in [0.15, 0.2) is 0 Å². The Bertz CT molecular complexity index is 784. The number of carbonyl (C=O) groups is 2. The first-order valence-electron chi connectivity index (χ1n) is 10.2. The van der Waals surface area contributed by atoms with Crippen molar-refractivity contribution in [3.05, 3.63) is 46.2 Å². The van der Waals surface area contributed by atoms with Crippen molar-refractivity contribution in [3.8, 4) is 11.1 Å². The largest absolute Gasteiger partial charge is 0.481 e. The fraction of sp³-hybridized carbons (Fsp3) is 0.478. The predicted octanol–water partition coefficient (Wildman–Crippen LogP) is 5.51. The monoisotopic (exact) mass is 417 g/mol. The number of benzene rings is 1. The molecule has 0 aliphatic carbocycles. The molecule has 0 saturated heterocycles. The SMILES string of the molecule is CCCCCC(=O)N(C)Cc1cc(-c2ccc(C(CC(=O)O)OCC)cc2)cs1. The Kier molecular flexibility index (Phi) is 9.35. The fourth-order valence-corrected chi connectivity index (χ4v) is 4.12. The number of carbonyl (C=O) groups excluding carboxylic acids is 1. The fourth-order valence-electron chi connectivity index (χ4n) is 3.18. The molecule has 0 bridgehead atoms. The molecule has 1 aromatic carbocycles. The van der Waals surface area contributed by atoms with Gasteiger partial charge in [-0.1, -0.05) is 44.0 Å². The third kappa shape index (κ3) is 7.29. The number of hydrogen-bond donors (Lipinski definition) is 1. The Morgan fingerprint density at radius 1 is 1.14 bits per heavy atom. The Balaban J connectivity index is 2.00. The maximum atomic E-state index is 12.2. The molecule has 2 rings (SSSR count). The first-order valence-corrected chi connectivity index (χ1v) is 11.1. The molecule has 1 aromatic heterocycles. The molecule has 1 amide bonds. The second-order valence-corrected chi connectivity index (χ2v) is 8.17. The number of nitrogens with zero attached hydrogens (tertiary/aromatic N) is 1. The molecule has 2 aromatic rings.